The van der Waals surface area contributed by atoms with E-state index in [1.807, 2.05) is 16.7 Å². The number of carbonyl (C=O) groups is 1. The van der Waals surface area contributed by atoms with Crippen molar-refractivity contribution in [2.24, 2.45) is 0 Å². The molecule has 1 aliphatic rings. The van der Waals surface area contributed by atoms with Crippen molar-refractivity contribution in [1.82, 2.24) is 10.2 Å². The summed E-state index contributed by atoms with van der Waals surface area (Å²) in [5, 5.41) is 7.72. The summed E-state index contributed by atoms with van der Waals surface area (Å²) >= 11 is 3.53. The normalized spacial score (nSPS) is 23.3. The third kappa shape index (κ3) is 3.52. The van der Waals surface area contributed by atoms with Gasteiger partial charge in [-0.05, 0) is 47.2 Å². The van der Waals surface area contributed by atoms with Gasteiger partial charge in [0.05, 0.1) is 6.04 Å². The van der Waals surface area contributed by atoms with Crippen LogP contribution in [0, 0.1) is 0 Å². The van der Waals surface area contributed by atoms with Gasteiger partial charge in [0.25, 0.3) is 0 Å². The number of rotatable bonds is 7. The van der Waals surface area contributed by atoms with Crippen LogP contribution in [-0.2, 0) is 4.79 Å². The molecular formula is C14H22N2OS2. The summed E-state index contributed by atoms with van der Waals surface area (Å²) in [7, 11) is 0. The van der Waals surface area contributed by atoms with Crippen LogP contribution in [0.2, 0.25) is 0 Å². The Morgan fingerprint density at radius 1 is 1.53 bits per heavy atom. The van der Waals surface area contributed by atoms with E-state index in [-0.39, 0.29) is 18.1 Å². The van der Waals surface area contributed by atoms with Crippen molar-refractivity contribution >= 4 is 29.0 Å². The van der Waals surface area contributed by atoms with Gasteiger partial charge in [-0.25, -0.2) is 0 Å². The molecule has 0 bridgehead atoms. The second-order valence-electron chi connectivity index (χ2n) is 4.85. The molecule has 3 nitrogen and oxygen atoms in total. The molecule has 2 atom stereocenters. The lowest BCUT2D eigenvalue weighted by Crippen LogP contribution is -2.32. The van der Waals surface area contributed by atoms with E-state index in [0.717, 1.165) is 31.6 Å². The zero-order valence-electron chi connectivity index (χ0n) is 11.6. The summed E-state index contributed by atoms with van der Waals surface area (Å²) < 4.78 is 0. The topological polar surface area (TPSA) is 32.3 Å². The Kier molecular flexibility index (Phi) is 5.73. The van der Waals surface area contributed by atoms with Gasteiger partial charge in [-0.2, -0.15) is 23.1 Å². The second kappa shape index (κ2) is 7.31. The molecule has 19 heavy (non-hydrogen) atoms. The molecular weight excluding hydrogens is 276 g/mol. The summed E-state index contributed by atoms with van der Waals surface area (Å²) in [4.78, 5) is 14.5. The highest BCUT2D eigenvalue weighted by molar-refractivity contribution is 7.98. The van der Waals surface area contributed by atoms with Crippen molar-refractivity contribution in [1.29, 1.82) is 0 Å². The molecule has 2 rings (SSSR count). The first-order valence-electron chi connectivity index (χ1n) is 6.85. The van der Waals surface area contributed by atoms with Crippen molar-refractivity contribution in [2.75, 3.05) is 18.6 Å². The van der Waals surface area contributed by atoms with Gasteiger partial charge < -0.3 is 4.90 Å². The van der Waals surface area contributed by atoms with Gasteiger partial charge in [0.2, 0.25) is 5.91 Å². The number of nitrogens with one attached hydrogen (secondary N) is 1. The average molecular weight is 298 g/mol. The highest BCUT2D eigenvalue weighted by Gasteiger charge is 2.38. The lowest BCUT2D eigenvalue weighted by atomic mass is 10.2. The van der Waals surface area contributed by atoms with Crippen LogP contribution in [0.4, 0.5) is 0 Å². The van der Waals surface area contributed by atoms with Crippen LogP contribution in [0.25, 0.3) is 0 Å². The number of hydrogen-bond acceptors (Lipinski definition) is 4. The maximum absolute atomic E-state index is 12.5. The number of carbonyl (C=O) groups excluding carboxylic acids is 1. The van der Waals surface area contributed by atoms with E-state index >= 15 is 0 Å². The van der Waals surface area contributed by atoms with Crippen LogP contribution in [-0.4, -0.2) is 35.4 Å². The fourth-order valence-corrected chi connectivity index (χ4v) is 3.60. The number of nitrogens with zero attached hydrogens (tertiary/aromatic N) is 1. The fraction of sp³-hybridized carbons (Fsp3) is 0.643. The van der Waals surface area contributed by atoms with E-state index in [1.54, 1.807) is 11.3 Å². The zero-order valence-corrected chi connectivity index (χ0v) is 13.2. The minimum absolute atomic E-state index is 0.00387. The molecule has 0 saturated carbocycles. The molecule has 2 heterocycles. The third-order valence-electron chi connectivity index (χ3n) is 3.44. The summed E-state index contributed by atoms with van der Waals surface area (Å²) in [6.45, 7) is 2.98. The van der Waals surface area contributed by atoms with E-state index in [2.05, 4.69) is 35.3 Å². The summed E-state index contributed by atoms with van der Waals surface area (Å²) in [6.07, 6.45) is 5.22. The predicted molar refractivity (Wildman–Crippen MR) is 83.6 cm³/mol. The maximum Gasteiger partial charge on any atom is 0.241 e. The Hall–Kier alpha value is -0.520. The molecule has 0 spiro atoms. The lowest BCUT2D eigenvalue weighted by Gasteiger charge is -2.23. The van der Waals surface area contributed by atoms with Crippen LogP contribution in [0.3, 0.4) is 0 Å². The number of hydrogen-bond donors (Lipinski definition) is 1. The number of thioether (sulfide) groups is 1. The van der Waals surface area contributed by atoms with E-state index < -0.39 is 0 Å². The molecule has 1 aromatic heterocycles. The molecule has 0 aromatic carbocycles. The Morgan fingerprint density at radius 2 is 2.37 bits per heavy atom. The number of thiophene rings is 1. The molecule has 0 radical (unpaired) electrons. The van der Waals surface area contributed by atoms with Crippen molar-refractivity contribution in [3.05, 3.63) is 22.4 Å². The van der Waals surface area contributed by atoms with E-state index in [9.17, 15) is 4.79 Å². The van der Waals surface area contributed by atoms with Crippen molar-refractivity contribution in [2.45, 2.75) is 38.4 Å². The minimum atomic E-state index is 0.00387. The zero-order chi connectivity index (χ0) is 13.7. The van der Waals surface area contributed by atoms with Crippen LogP contribution in [0.1, 0.15) is 37.9 Å². The van der Waals surface area contributed by atoms with Crippen LogP contribution < -0.4 is 5.32 Å². The van der Waals surface area contributed by atoms with Crippen LogP contribution >= 0.6 is 23.1 Å². The largest absolute Gasteiger partial charge is 0.321 e. The fourth-order valence-electron chi connectivity index (χ4n) is 2.50. The van der Waals surface area contributed by atoms with Crippen molar-refractivity contribution < 1.29 is 4.79 Å². The molecule has 106 valence electrons. The highest BCUT2D eigenvalue weighted by atomic mass is 32.2. The Labute approximate surface area is 123 Å². The summed E-state index contributed by atoms with van der Waals surface area (Å²) in [5.74, 6) is 1.39. The SMILES string of the molecule is CCCC1NC(c2ccsc2)N(CCCSC)C1=O. The van der Waals surface area contributed by atoms with Gasteiger partial charge >= 0.3 is 0 Å². The molecule has 1 saturated heterocycles. The lowest BCUT2D eigenvalue weighted by molar-refractivity contribution is -0.130. The Balaban J connectivity index is 2.07. The predicted octanol–water partition coefficient (Wildman–Crippen LogP) is 3.10. The molecule has 5 heteroatoms. The van der Waals surface area contributed by atoms with E-state index in [1.165, 1.54) is 5.56 Å². The average Bonchev–Trinajstić information content (AvgIpc) is 3.02. The first-order chi connectivity index (χ1) is 9.27. The molecule has 1 aromatic rings. The Morgan fingerprint density at radius 3 is 3.00 bits per heavy atom. The van der Waals surface area contributed by atoms with Gasteiger partial charge in [-0.3, -0.25) is 10.1 Å². The Bertz CT molecular complexity index is 394. The van der Waals surface area contributed by atoms with Crippen LogP contribution in [0.5, 0.6) is 0 Å². The van der Waals surface area contributed by atoms with Gasteiger partial charge in [-0.15, -0.1) is 0 Å². The molecule has 2 unspecified atom stereocenters. The van der Waals surface area contributed by atoms with Crippen molar-refractivity contribution in [3.63, 3.8) is 0 Å². The van der Waals surface area contributed by atoms with Gasteiger partial charge in [0, 0.05) is 6.54 Å². The van der Waals surface area contributed by atoms with E-state index in [4.69, 9.17) is 0 Å². The molecule has 1 N–H and O–H groups in total. The first-order valence-corrected chi connectivity index (χ1v) is 9.19. The maximum atomic E-state index is 12.5. The van der Waals surface area contributed by atoms with Gasteiger partial charge in [-0.1, -0.05) is 13.3 Å². The molecule has 1 aliphatic heterocycles. The van der Waals surface area contributed by atoms with Gasteiger partial charge in [0.1, 0.15) is 6.17 Å². The standard InChI is InChI=1S/C14H22N2OS2/c1-3-5-12-14(17)16(7-4-8-18-2)13(15-12)11-6-9-19-10-11/h6,9-10,12-13,15H,3-5,7-8H2,1-2H3. The van der Waals surface area contributed by atoms with E-state index in [0.29, 0.717) is 0 Å². The summed E-state index contributed by atoms with van der Waals surface area (Å²) in [6, 6.07) is 2.12. The van der Waals surface area contributed by atoms with Crippen LogP contribution in [0.15, 0.2) is 16.8 Å². The quantitative estimate of drug-likeness (QED) is 0.785. The molecule has 0 aliphatic carbocycles. The van der Waals surface area contributed by atoms with Gasteiger partial charge in [0.15, 0.2) is 0 Å². The molecule has 1 amide bonds. The third-order valence-corrected chi connectivity index (χ3v) is 4.83. The first kappa shape index (κ1) is 14.9. The number of amides is 1. The van der Waals surface area contributed by atoms with Crippen molar-refractivity contribution in [3.8, 4) is 0 Å². The monoisotopic (exact) mass is 298 g/mol. The second-order valence-corrected chi connectivity index (χ2v) is 6.61. The molecule has 1 fully saturated rings. The minimum Gasteiger partial charge on any atom is -0.321 e. The summed E-state index contributed by atoms with van der Waals surface area (Å²) in [5.41, 5.74) is 1.22. The smallest absolute Gasteiger partial charge is 0.241 e. The highest BCUT2D eigenvalue weighted by Crippen LogP contribution is 2.28.